The maximum atomic E-state index is 11.6. The van der Waals surface area contributed by atoms with E-state index in [2.05, 4.69) is 4.98 Å². The second-order valence-corrected chi connectivity index (χ2v) is 3.77. The number of fused-ring (bicyclic) bond motifs is 1. The van der Waals surface area contributed by atoms with Gasteiger partial charge in [0, 0.05) is 10.9 Å². The molecule has 0 saturated carbocycles. The van der Waals surface area contributed by atoms with Crippen LogP contribution in [0, 0.1) is 0 Å². The maximum Gasteiger partial charge on any atom is 0.354 e. The lowest BCUT2D eigenvalue weighted by molar-refractivity contribution is 0.0499. The number of rotatable bonds is 4. The van der Waals surface area contributed by atoms with Crippen LogP contribution in [0.1, 0.15) is 23.8 Å². The molecule has 0 amide bonds. The molecule has 4 nitrogen and oxygen atoms in total. The Kier molecular flexibility index (Phi) is 3.32. The van der Waals surface area contributed by atoms with Gasteiger partial charge in [-0.15, -0.1) is 0 Å². The highest BCUT2D eigenvalue weighted by Gasteiger charge is 2.10. The van der Waals surface area contributed by atoms with Crippen molar-refractivity contribution in [2.24, 2.45) is 0 Å². The Hall–Kier alpha value is -1.97. The number of H-pyrrole nitrogens is 1. The van der Waals surface area contributed by atoms with Crippen molar-refractivity contribution >= 4 is 16.9 Å². The average molecular weight is 233 g/mol. The molecule has 0 spiro atoms. The van der Waals surface area contributed by atoms with Gasteiger partial charge in [0.05, 0.1) is 13.7 Å². The van der Waals surface area contributed by atoms with Gasteiger partial charge in [-0.2, -0.15) is 0 Å². The molecule has 0 aliphatic carbocycles. The summed E-state index contributed by atoms with van der Waals surface area (Å²) in [6.45, 7) is 2.40. The minimum Gasteiger partial charge on any atom is -0.497 e. The molecule has 0 aliphatic heterocycles. The summed E-state index contributed by atoms with van der Waals surface area (Å²) in [5, 5.41) is 0.938. The van der Waals surface area contributed by atoms with Gasteiger partial charge in [0.2, 0.25) is 0 Å². The summed E-state index contributed by atoms with van der Waals surface area (Å²) in [6.07, 6.45) is 0.819. The number of hydrogen-bond acceptors (Lipinski definition) is 3. The number of nitrogens with one attached hydrogen (secondary N) is 1. The molecular formula is C13H15NO3. The third kappa shape index (κ3) is 2.41. The topological polar surface area (TPSA) is 51.3 Å². The minimum atomic E-state index is -0.318. The zero-order chi connectivity index (χ0) is 12.3. The van der Waals surface area contributed by atoms with Gasteiger partial charge in [-0.25, -0.2) is 4.79 Å². The predicted octanol–water partition coefficient (Wildman–Crippen LogP) is 2.74. The van der Waals surface area contributed by atoms with Crippen LogP contribution in [0.25, 0.3) is 10.9 Å². The van der Waals surface area contributed by atoms with E-state index in [1.807, 2.05) is 25.1 Å². The summed E-state index contributed by atoms with van der Waals surface area (Å²) < 4.78 is 10.2. The minimum absolute atomic E-state index is 0.318. The lowest BCUT2D eigenvalue weighted by Gasteiger charge is -1.99. The number of aromatic nitrogens is 1. The molecule has 90 valence electrons. The van der Waals surface area contributed by atoms with Crippen LogP contribution in [-0.2, 0) is 4.74 Å². The van der Waals surface area contributed by atoms with Crippen LogP contribution < -0.4 is 4.74 Å². The fourth-order valence-electron chi connectivity index (χ4n) is 1.62. The van der Waals surface area contributed by atoms with Crippen LogP contribution in [0.15, 0.2) is 24.3 Å². The van der Waals surface area contributed by atoms with Gasteiger partial charge in [-0.1, -0.05) is 6.92 Å². The normalized spacial score (nSPS) is 10.5. The molecule has 1 aromatic carbocycles. The Balaban J connectivity index is 2.28. The van der Waals surface area contributed by atoms with Crippen molar-refractivity contribution in [3.8, 4) is 5.75 Å². The second kappa shape index (κ2) is 4.91. The number of carbonyl (C=O) groups is 1. The zero-order valence-electron chi connectivity index (χ0n) is 9.95. The molecule has 2 aromatic rings. The number of ether oxygens (including phenoxy) is 2. The molecule has 2 rings (SSSR count). The Morgan fingerprint density at radius 1 is 1.35 bits per heavy atom. The highest BCUT2D eigenvalue weighted by atomic mass is 16.5. The highest BCUT2D eigenvalue weighted by molar-refractivity contribution is 5.95. The molecule has 0 saturated heterocycles. The average Bonchev–Trinajstić information content (AvgIpc) is 2.78. The van der Waals surface area contributed by atoms with Crippen molar-refractivity contribution in [3.05, 3.63) is 30.0 Å². The Morgan fingerprint density at radius 3 is 2.88 bits per heavy atom. The Bertz CT molecular complexity index is 530. The van der Waals surface area contributed by atoms with Gasteiger partial charge in [0.25, 0.3) is 0 Å². The van der Waals surface area contributed by atoms with E-state index in [1.54, 1.807) is 13.2 Å². The first kappa shape index (κ1) is 11.5. The van der Waals surface area contributed by atoms with Gasteiger partial charge < -0.3 is 14.5 Å². The van der Waals surface area contributed by atoms with Crippen molar-refractivity contribution in [3.63, 3.8) is 0 Å². The SMILES string of the molecule is CCCOC(=O)c1cc2cc(OC)ccc2[nH]1. The van der Waals surface area contributed by atoms with Gasteiger partial charge >= 0.3 is 5.97 Å². The molecule has 0 aliphatic rings. The molecule has 17 heavy (non-hydrogen) atoms. The second-order valence-electron chi connectivity index (χ2n) is 3.77. The summed E-state index contributed by atoms with van der Waals surface area (Å²) in [5.74, 6) is 0.451. The van der Waals surface area contributed by atoms with Crippen molar-refractivity contribution in [1.29, 1.82) is 0 Å². The van der Waals surface area contributed by atoms with Crippen LogP contribution in [0.3, 0.4) is 0 Å². The molecule has 1 aromatic heterocycles. The molecule has 0 atom stereocenters. The number of esters is 1. The lowest BCUT2D eigenvalue weighted by Crippen LogP contribution is -2.05. The standard InChI is InChI=1S/C13H15NO3/c1-3-6-17-13(15)12-8-9-7-10(16-2)4-5-11(9)14-12/h4-5,7-8,14H,3,6H2,1-2H3. The van der Waals surface area contributed by atoms with E-state index >= 15 is 0 Å². The molecule has 0 bridgehead atoms. The first-order valence-electron chi connectivity index (χ1n) is 5.58. The monoisotopic (exact) mass is 233 g/mol. The van der Waals surface area contributed by atoms with Gasteiger partial charge in [0.15, 0.2) is 0 Å². The molecule has 0 radical (unpaired) electrons. The van der Waals surface area contributed by atoms with Gasteiger partial charge in [-0.05, 0) is 30.7 Å². The molecular weight excluding hydrogens is 218 g/mol. The number of benzene rings is 1. The van der Waals surface area contributed by atoms with Crippen LogP contribution in [0.5, 0.6) is 5.75 Å². The van der Waals surface area contributed by atoms with Crippen molar-refractivity contribution in [2.45, 2.75) is 13.3 Å². The lowest BCUT2D eigenvalue weighted by atomic mass is 10.2. The summed E-state index contributed by atoms with van der Waals surface area (Å²) in [4.78, 5) is 14.7. The number of methoxy groups -OCH3 is 1. The van der Waals surface area contributed by atoms with E-state index in [4.69, 9.17) is 9.47 Å². The number of hydrogen-bond donors (Lipinski definition) is 1. The highest BCUT2D eigenvalue weighted by Crippen LogP contribution is 2.21. The number of aromatic amines is 1. The van der Waals surface area contributed by atoms with Crippen LogP contribution in [0.4, 0.5) is 0 Å². The fourth-order valence-corrected chi connectivity index (χ4v) is 1.62. The summed E-state index contributed by atoms with van der Waals surface area (Å²) in [5.41, 5.74) is 1.37. The largest absolute Gasteiger partial charge is 0.497 e. The summed E-state index contributed by atoms with van der Waals surface area (Å²) in [6, 6.07) is 7.38. The maximum absolute atomic E-state index is 11.6. The quantitative estimate of drug-likeness (QED) is 0.826. The molecule has 0 fully saturated rings. The summed E-state index contributed by atoms with van der Waals surface area (Å²) in [7, 11) is 1.62. The van der Waals surface area contributed by atoms with Crippen LogP contribution >= 0.6 is 0 Å². The first-order valence-corrected chi connectivity index (χ1v) is 5.58. The molecule has 4 heteroatoms. The number of carbonyl (C=O) groups excluding carboxylic acids is 1. The van der Waals surface area contributed by atoms with E-state index in [0.717, 1.165) is 23.1 Å². The van der Waals surface area contributed by atoms with E-state index in [0.29, 0.717) is 12.3 Å². The fraction of sp³-hybridized carbons (Fsp3) is 0.308. The van der Waals surface area contributed by atoms with Crippen molar-refractivity contribution in [1.82, 2.24) is 4.98 Å². The first-order chi connectivity index (χ1) is 8.24. The molecule has 1 heterocycles. The van der Waals surface area contributed by atoms with Crippen LogP contribution in [0.2, 0.25) is 0 Å². The Labute approximate surface area is 99.5 Å². The van der Waals surface area contributed by atoms with Crippen LogP contribution in [-0.4, -0.2) is 24.7 Å². The predicted molar refractivity (Wildman–Crippen MR) is 65.4 cm³/mol. The summed E-state index contributed by atoms with van der Waals surface area (Å²) >= 11 is 0. The van der Waals surface area contributed by atoms with E-state index in [1.165, 1.54) is 0 Å². The van der Waals surface area contributed by atoms with E-state index in [-0.39, 0.29) is 5.97 Å². The van der Waals surface area contributed by atoms with Crippen molar-refractivity contribution < 1.29 is 14.3 Å². The van der Waals surface area contributed by atoms with Gasteiger partial charge in [-0.3, -0.25) is 0 Å². The van der Waals surface area contributed by atoms with Crippen molar-refractivity contribution in [2.75, 3.05) is 13.7 Å². The third-order valence-corrected chi connectivity index (χ3v) is 2.49. The van der Waals surface area contributed by atoms with E-state index < -0.39 is 0 Å². The Morgan fingerprint density at radius 2 is 2.18 bits per heavy atom. The third-order valence-electron chi connectivity index (χ3n) is 2.49. The van der Waals surface area contributed by atoms with Gasteiger partial charge in [0.1, 0.15) is 11.4 Å². The van der Waals surface area contributed by atoms with E-state index in [9.17, 15) is 4.79 Å². The molecule has 0 unspecified atom stereocenters. The molecule has 1 N–H and O–H groups in total. The zero-order valence-corrected chi connectivity index (χ0v) is 9.95. The smallest absolute Gasteiger partial charge is 0.354 e.